The quantitative estimate of drug-likeness (QED) is 0.626. The van der Waals surface area contributed by atoms with E-state index in [0.29, 0.717) is 22.3 Å². The van der Waals surface area contributed by atoms with Crippen molar-refractivity contribution in [3.8, 4) is 22.3 Å². The van der Waals surface area contributed by atoms with E-state index in [1.54, 1.807) is 36.0 Å². The Morgan fingerprint density at radius 1 is 1.18 bits per heavy atom. The van der Waals surface area contributed by atoms with Crippen LogP contribution in [0.2, 0.25) is 0 Å². The first kappa shape index (κ1) is 17.9. The number of hydrogen-bond donors (Lipinski definition) is 1. The SMILES string of the molecule is O=C(COC(=O)c1csc(-c2ncccn2)n1)NCc1ccc2c(c1)OCO2. The van der Waals surface area contributed by atoms with Gasteiger partial charge in [0.15, 0.2) is 34.6 Å². The minimum atomic E-state index is -0.684. The van der Waals surface area contributed by atoms with Gasteiger partial charge in [-0.05, 0) is 23.8 Å². The molecule has 142 valence electrons. The molecule has 28 heavy (non-hydrogen) atoms. The molecule has 1 aliphatic heterocycles. The number of ether oxygens (including phenoxy) is 3. The average Bonchev–Trinajstić information content (AvgIpc) is 3.40. The zero-order chi connectivity index (χ0) is 19.3. The maximum Gasteiger partial charge on any atom is 0.358 e. The average molecular weight is 398 g/mol. The van der Waals surface area contributed by atoms with Crippen LogP contribution >= 0.6 is 11.3 Å². The molecule has 0 bridgehead atoms. The predicted molar refractivity (Wildman–Crippen MR) is 97.8 cm³/mol. The van der Waals surface area contributed by atoms with Crippen molar-refractivity contribution in [2.24, 2.45) is 0 Å². The van der Waals surface area contributed by atoms with Gasteiger partial charge in [-0.25, -0.2) is 19.7 Å². The van der Waals surface area contributed by atoms with Crippen LogP contribution in [-0.2, 0) is 16.1 Å². The minimum Gasteiger partial charge on any atom is -0.454 e. The number of aromatic nitrogens is 3. The van der Waals surface area contributed by atoms with Crippen molar-refractivity contribution in [1.29, 1.82) is 0 Å². The highest BCUT2D eigenvalue weighted by Gasteiger charge is 2.16. The molecular weight excluding hydrogens is 384 g/mol. The summed E-state index contributed by atoms with van der Waals surface area (Å²) >= 11 is 1.22. The Labute approximate surface area is 163 Å². The maximum atomic E-state index is 12.1. The lowest BCUT2D eigenvalue weighted by Gasteiger charge is -2.06. The van der Waals surface area contributed by atoms with E-state index in [1.807, 2.05) is 6.07 Å². The van der Waals surface area contributed by atoms with Crippen LogP contribution in [0.4, 0.5) is 0 Å². The molecule has 0 saturated heterocycles. The largest absolute Gasteiger partial charge is 0.454 e. The minimum absolute atomic E-state index is 0.107. The van der Waals surface area contributed by atoms with Crippen LogP contribution < -0.4 is 14.8 Å². The van der Waals surface area contributed by atoms with Crippen molar-refractivity contribution in [1.82, 2.24) is 20.3 Å². The molecule has 0 atom stereocenters. The summed E-state index contributed by atoms with van der Waals surface area (Å²) in [5.74, 6) is 0.630. The molecule has 1 N–H and O–H groups in total. The third-order valence-electron chi connectivity index (χ3n) is 3.73. The molecule has 0 spiro atoms. The summed E-state index contributed by atoms with van der Waals surface area (Å²) in [7, 11) is 0. The summed E-state index contributed by atoms with van der Waals surface area (Å²) in [6, 6.07) is 7.08. The second-order valence-electron chi connectivity index (χ2n) is 5.65. The van der Waals surface area contributed by atoms with E-state index < -0.39 is 18.5 Å². The predicted octanol–water partition coefficient (Wildman–Crippen LogP) is 1.80. The number of amides is 1. The monoisotopic (exact) mass is 398 g/mol. The van der Waals surface area contributed by atoms with Crippen molar-refractivity contribution >= 4 is 23.2 Å². The maximum absolute atomic E-state index is 12.1. The number of esters is 1. The molecule has 10 heteroatoms. The molecule has 0 unspecified atom stereocenters. The number of fused-ring (bicyclic) bond motifs is 1. The Kier molecular flexibility index (Phi) is 5.11. The van der Waals surface area contributed by atoms with Gasteiger partial charge >= 0.3 is 5.97 Å². The highest BCUT2D eigenvalue weighted by Crippen LogP contribution is 2.32. The van der Waals surface area contributed by atoms with E-state index >= 15 is 0 Å². The third kappa shape index (κ3) is 4.07. The Balaban J connectivity index is 1.26. The number of nitrogens with zero attached hydrogens (tertiary/aromatic N) is 3. The zero-order valence-corrected chi connectivity index (χ0v) is 15.3. The smallest absolute Gasteiger partial charge is 0.358 e. The van der Waals surface area contributed by atoms with E-state index in [0.717, 1.165) is 5.56 Å². The van der Waals surface area contributed by atoms with Crippen LogP contribution in [0.3, 0.4) is 0 Å². The van der Waals surface area contributed by atoms with Crippen molar-refractivity contribution in [2.75, 3.05) is 13.4 Å². The van der Waals surface area contributed by atoms with Gasteiger partial charge in [-0.1, -0.05) is 6.07 Å². The molecule has 3 aromatic rings. The van der Waals surface area contributed by atoms with Crippen LogP contribution in [0.5, 0.6) is 11.5 Å². The third-order valence-corrected chi connectivity index (χ3v) is 4.57. The first-order valence-electron chi connectivity index (χ1n) is 8.24. The van der Waals surface area contributed by atoms with E-state index in [-0.39, 0.29) is 19.0 Å². The standard InChI is InChI=1S/C18H14N4O5S/c23-15(21-7-11-2-3-13-14(6-11)27-10-26-13)8-25-18(24)12-9-28-17(22-12)16-19-4-1-5-20-16/h1-6,9H,7-8,10H2,(H,21,23). The molecule has 9 nitrogen and oxygen atoms in total. The molecule has 2 aromatic heterocycles. The number of carbonyl (C=O) groups is 2. The Morgan fingerprint density at radius 3 is 2.86 bits per heavy atom. The first-order chi connectivity index (χ1) is 13.7. The summed E-state index contributed by atoms with van der Waals surface area (Å²) in [5.41, 5.74) is 0.951. The summed E-state index contributed by atoms with van der Waals surface area (Å²) in [4.78, 5) is 36.3. The van der Waals surface area contributed by atoms with Crippen molar-refractivity contribution in [2.45, 2.75) is 6.54 Å². The van der Waals surface area contributed by atoms with E-state index in [2.05, 4.69) is 20.3 Å². The molecule has 0 fully saturated rings. The van der Waals surface area contributed by atoms with Crippen molar-refractivity contribution in [3.63, 3.8) is 0 Å². The van der Waals surface area contributed by atoms with Gasteiger partial charge in [0, 0.05) is 24.3 Å². The number of thiazole rings is 1. The molecule has 0 aliphatic carbocycles. The lowest BCUT2D eigenvalue weighted by Crippen LogP contribution is -2.28. The van der Waals surface area contributed by atoms with Crippen LogP contribution in [-0.4, -0.2) is 40.2 Å². The lowest BCUT2D eigenvalue weighted by atomic mass is 10.2. The molecule has 4 rings (SSSR count). The summed E-state index contributed by atoms with van der Waals surface area (Å²) in [6.07, 6.45) is 3.18. The second-order valence-corrected chi connectivity index (χ2v) is 6.51. The van der Waals surface area contributed by atoms with Gasteiger partial charge in [-0.15, -0.1) is 11.3 Å². The topological polar surface area (TPSA) is 113 Å². The fourth-order valence-corrected chi connectivity index (χ4v) is 3.12. The first-order valence-corrected chi connectivity index (χ1v) is 9.12. The lowest BCUT2D eigenvalue weighted by molar-refractivity contribution is -0.124. The Morgan fingerprint density at radius 2 is 2.00 bits per heavy atom. The van der Waals surface area contributed by atoms with E-state index in [4.69, 9.17) is 14.2 Å². The fraction of sp³-hybridized carbons (Fsp3) is 0.167. The summed E-state index contributed by atoms with van der Waals surface area (Å²) < 4.78 is 15.5. The number of benzene rings is 1. The van der Waals surface area contributed by atoms with Crippen LogP contribution in [0, 0.1) is 0 Å². The molecule has 0 saturated carbocycles. The number of carbonyl (C=O) groups excluding carboxylic acids is 2. The van der Waals surface area contributed by atoms with E-state index in [9.17, 15) is 9.59 Å². The van der Waals surface area contributed by atoms with Gasteiger partial charge in [-0.3, -0.25) is 4.79 Å². The fourth-order valence-electron chi connectivity index (χ4n) is 2.39. The highest BCUT2D eigenvalue weighted by molar-refractivity contribution is 7.13. The number of rotatable bonds is 6. The summed E-state index contributed by atoms with van der Waals surface area (Å²) in [6.45, 7) is 0.0626. The van der Waals surface area contributed by atoms with Gasteiger partial charge in [0.2, 0.25) is 6.79 Å². The van der Waals surface area contributed by atoms with Gasteiger partial charge in [0.1, 0.15) is 0 Å². The van der Waals surface area contributed by atoms with Crippen LogP contribution in [0.1, 0.15) is 16.1 Å². The van der Waals surface area contributed by atoms with Gasteiger partial charge in [-0.2, -0.15) is 0 Å². The Bertz CT molecular complexity index is 1010. The van der Waals surface area contributed by atoms with E-state index in [1.165, 1.54) is 11.3 Å². The van der Waals surface area contributed by atoms with Crippen LogP contribution in [0.15, 0.2) is 42.0 Å². The number of hydrogen-bond acceptors (Lipinski definition) is 9. The van der Waals surface area contributed by atoms with Crippen molar-refractivity contribution < 1.29 is 23.8 Å². The normalized spacial score (nSPS) is 11.9. The zero-order valence-electron chi connectivity index (χ0n) is 14.5. The number of nitrogens with one attached hydrogen (secondary N) is 1. The van der Waals surface area contributed by atoms with Crippen molar-refractivity contribution in [3.05, 3.63) is 53.3 Å². The van der Waals surface area contributed by atoms with Crippen LogP contribution in [0.25, 0.3) is 10.8 Å². The second kappa shape index (κ2) is 8.01. The molecule has 0 radical (unpaired) electrons. The molecule has 1 aromatic carbocycles. The molecular formula is C18H14N4O5S. The van der Waals surface area contributed by atoms with Gasteiger partial charge < -0.3 is 19.5 Å². The van der Waals surface area contributed by atoms with Gasteiger partial charge in [0.25, 0.3) is 5.91 Å². The summed E-state index contributed by atoms with van der Waals surface area (Å²) in [5, 5.41) is 4.72. The highest BCUT2D eigenvalue weighted by atomic mass is 32.1. The molecule has 3 heterocycles. The Hall–Kier alpha value is -3.53. The molecule has 1 amide bonds. The van der Waals surface area contributed by atoms with Gasteiger partial charge in [0.05, 0.1) is 0 Å². The molecule has 1 aliphatic rings.